The Kier molecular flexibility index (Phi) is 6.43. The highest BCUT2D eigenvalue weighted by Crippen LogP contribution is 2.24. The van der Waals surface area contributed by atoms with Gasteiger partial charge in [0, 0.05) is 32.8 Å². The van der Waals surface area contributed by atoms with Crippen molar-refractivity contribution in [2.45, 2.75) is 26.7 Å². The van der Waals surface area contributed by atoms with E-state index in [2.05, 4.69) is 39.0 Å². The molecule has 0 fully saturated rings. The first kappa shape index (κ1) is 21.9. The van der Waals surface area contributed by atoms with Crippen molar-refractivity contribution in [3.05, 3.63) is 96.3 Å². The summed E-state index contributed by atoms with van der Waals surface area (Å²) in [5.74, 6) is 0.461. The van der Waals surface area contributed by atoms with Crippen molar-refractivity contribution in [1.29, 1.82) is 0 Å². The third kappa shape index (κ3) is 4.92. The Balaban J connectivity index is 1.79. The molecule has 0 N–H and O–H groups in total. The Labute approximate surface area is 194 Å². The summed E-state index contributed by atoms with van der Waals surface area (Å²) in [5.41, 5.74) is 3.83. The number of non-ortho nitro benzene ring substituents is 1. The lowest BCUT2D eigenvalue weighted by Gasteiger charge is -2.05. The van der Waals surface area contributed by atoms with Gasteiger partial charge in [0.15, 0.2) is 0 Å². The molecule has 32 heavy (non-hydrogen) atoms. The first-order valence-corrected chi connectivity index (χ1v) is 11.8. The van der Waals surface area contributed by atoms with Crippen LogP contribution in [0, 0.1) is 17.0 Å². The van der Waals surface area contributed by atoms with E-state index >= 15 is 0 Å². The van der Waals surface area contributed by atoms with Crippen LogP contribution in [0.1, 0.15) is 35.1 Å². The van der Waals surface area contributed by atoms with Crippen LogP contribution < -0.4 is 4.80 Å². The molecular weight excluding hydrogens is 440 g/mol. The molecule has 0 aliphatic carbocycles. The number of aryl methyl sites for hydroxylation is 1. The molecule has 162 valence electrons. The zero-order valence-corrected chi connectivity index (χ0v) is 19.6. The number of aromatic nitrogens is 1. The fourth-order valence-corrected chi connectivity index (χ4v) is 4.72. The van der Waals surface area contributed by atoms with E-state index in [0.717, 1.165) is 26.6 Å². The van der Waals surface area contributed by atoms with Gasteiger partial charge in [-0.3, -0.25) is 10.1 Å². The minimum atomic E-state index is -0.398. The van der Waals surface area contributed by atoms with Gasteiger partial charge < -0.3 is 0 Å². The summed E-state index contributed by atoms with van der Waals surface area (Å²) < 4.78 is 1.79. The predicted octanol–water partition coefficient (Wildman–Crippen LogP) is 6.73. The van der Waals surface area contributed by atoms with Crippen molar-refractivity contribution in [3.63, 3.8) is 0 Å². The Morgan fingerprint density at radius 3 is 2.34 bits per heavy atom. The normalized spacial score (nSPS) is 12.2. The maximum atomic E-state index is 11.0. The second-order valence-corrected chi connectivity index (χ2v) is 9.73. The molecule has 2 aromatic carbocycles. The van der Waals surface area contributed by atoms with Gasteiger partial charge >= 0.3 is 0 Å². The second-order valence-electron chi connectivity index (χ2n) is 7.57. The van der Waals surface area contributed by atoms with Crippen molar-refractivity contribution in [3.8, 4) is 11.3 Å². The van der Waals surface area contributed by atoms with Gasteiger partial charge in [-0.05, 0) is 54.8 Å². The topological polar surface area (TPSA) is 72.8 Å². The summed E-state index contributed by atoms with van der Waals surface area (Å²) in [6, 6.07) is 18.8. The highest BCUT2D eigenvalue weighted by Gasteiger charge is 2.11. The average Bonchev–Trinajstić information content (AvgIpc) is 3.38. The summed E-state index contributed by atoms with van der Waals surface area (Å²) in [4.78, 5) is 18.4. The fourth-order valence-electron chi connectivity index (χ4n) is 3.12. The van der Waals surface area contributed by atoms with Gasteiger partial charge in [0.05, 0.1) is 22.5 Å². The smallest absolute Gasteiger partial charge is 0.258 e. The zero-order chi connectivity index (χ0) is 22.7. The summed E-state index contributed by atoms with van der Waals surface area (Å²) in [6.45, 7) is 6.39. The Bertz CT molecular complexity index is 1330. The van der Waals surface area contributed by atoms with E-state index in [9.17, 15) is 10.1 Å². The van der Waals surface area contributed by atoms with Crippen LogP contribution in [0.3, 0.4) is 0 Å². The quantitative estimate of drug-likeness (QED) is 0.181. The van der Waals surface area contributed by atoms with Crippen LogP contribution in [-0.4, -0.2) is 15.8 Å². The van der Waals surface area contributed by atoms with Crippen LogP contribution in [-0.2, 0) is 0 Å². The summed E-state index contributed by atoms with van der Waals surface area (Å²) in [7, 11) is 0. The Morgan fingerprint density at radius 1 is 1.03 bits per heavy atom. The highest BCUT2D eigenvalue weighted by molar-refractivity contribution is 7.13. The number of thiophene rings is 1. The van der Waals surface area contributed by atoms with Gasteiger partial charge in [0.1, 0.15) is 0 Å². The standard InChI is InChI=1S/C24H22N4O2S2/c1-16(2)18-5-9-20(10-6-18)26-24-27(25-14-22-13-4-17(3)32-22)23(15-31-24)19-7-11-21(12-8-19)28(29)30/h4-16H,1-3H3. The minimum Gasteiger partial charge on any atom is -0.258 e. The van der Waals surface area contributed by atoms with E-state index in [1.807, 2.05) is 29.8 Å². The maximum Gasteiger partial charge on any atom is 0.269 e. The van der Waals surface area contributed by atoms with E-state index in [-0.39, 0.29) is 5.69 Å². The van der Waals surface area contributed by atoms with E-state index in [1.54, 1.807) is 28.1 Å². The van der Waals surface area contributed by atoms with Crippen molar-refractivity contribution >= 4 is 40.3 Å². The van der Waals surface area contributed by atoms with Crippen molar-refractivity contribution < 1.29 is 4.92 Å². The highest BCUT2D eigenvalue weighted by atomic mass is 32.1. The number of rotatable bonds is 6. The molecule has 0 saturated carbocycles. The molecule has 4 aromatic rings. The van der Waals surface area contributed by atoms with Gasteiger partial charge in [0.2, 0.25) is 4.80 Å². The molecule has 0 saturated heterocycles. The van der Waals surface area contributed by atoms with Gasteiger partial charge in [-0.25, -0.2) is 9.67 Å². The molecular formula is C24H22N4O2S2. The molecule has 0 aliphatic heterocycles. The third-order valence-electron chi connectivity index (χ3n) is 4.91. The van der Waals surface area contributed by atoms with Crippen LogP contribution >= 0.6 is 22.7 Å². The molecule has 0 radical (unpaired) electrons. The molecule has 2 heterocycles. The molecule has 0 aliphatic rings. The molecule has 0 amide bonds. The maximum absolute atomic E-state index is 11.0. The Hall–Kier alpha value is -3.36. The number of thiazole rings is 1. The van der Waals surface area contributed by atoms with Crippen molar-refractivity contribution in [2.24, 2.45) is 10.1 Å². The van der Waals surface area contributed by atoms with Crippen LogP contribution in [0.15, 0.2) is 76.1 Å². The number of benzene rings is 2. The number of nitrogens with zero attached hydrogens (tertiary/aromatic N) is 4. The van der Waals surface area contributed by atoms with E-state index in [4.69, 9.17) is 10.1 Å². The monoisotopic (exact) mass is 462 g/mol. The van der Waals surface area contributed by atoms with Gasteiger partial charge in [-0.2, -0.15) is 5.10 Å². The van der Waals surface area contributed by atoms with Crippen LogP contribution in [0.4, 0.5) is 11.4 Å². The lowest BCUT2D eigenvalue weighted by Crippen LogP contribution is -2.11. The molecule has 0 spiro atoms. The van der Waals surface area contributed by atoms with Crippen molar-refractivity contribution in [2.75, 3.05) is 0 Å². The largest absolute Gasteiger partial charge is 0.269 e. The second kappa shape index (κ2) is 9.42. The first-order valence-electron chi connectivity index (χ1n) is 10.1. The molecule has 8 heteroatoms. The predicted molar refractivity (Wildman–Crippen MR) is 132 cm³/mol. The number of hydrogen-bond acceptors (Lipinski definition) is 6. The number of nitro benzene ring substituents is 1. The Morgan fingerprint density at radius 2 is 1.75 bits per heavy atom. The SMILES string of the molecule is Cc1ccc(C=Nn2c(-c3ccc([N+](=O)[O-])cc3)csc2=Nc2ccc(C(C)C)cc2)s1. The number of hydrogen-bond donors (Lipinski definition) is 0. The van der Waals surface area contributed by atoms with Gasteiger partial charge in [0.25, 0.3) is 5.69 Å². The number of nitro groups is 1. The molecule has 6 nitrogen and oxygen atoms in total. The average molecular weight is 463 g/mol. The summed E-state index contributed by atoms with van der Waals surface area (Å²) in [6.07, 6.45) is 1.82. The summed E-state index contributed by atoms with van der Waals surface area (Å²) >= 11 is 3.14. The van der Waals surface area contributed by atoms with Gasteiger partial charge in [-0.1, -0.05) is 26.0 Å². The third-order valence-corrected chi connectivity index (χ3v) is 6.66. The molecule has 0 atom stereocenters. The lowest BCUT2D eigenvalue weighted by atomic mass is 10.0. The molecule has 0 bridgehead atoms. The van der Waals surface area contributed by atoms with Crippen LogP contribution in [0.2, 0.25) is 0 Å². The molecule has 4 rings (SSSR count). The van der Waals surface area contributed by atoms with Crippen LogP contribution in [0.5, 0.6) is 0 Å². The van der Waals surface area contributed by atoms with E-state index in [1.165, 1.54) is 33.9 Å². The lowest BCUT2D eigenvalue weighted by molar-refractivity contribution is -0.384. The molecule has 2 aromatic heterocycles. The summed E-state index contributed by atoms with van der Waals surface area (Å²) in [5, 5.41) is 17.7. The van der Waals surface area contributed by atoms with E-state index in [0.29, 0.717) is 5.92 Å². The van der Waals surface area contributed by atoms with E-state index < -0.39 is 4.92 Å². The van der Waals surface area contributed by atoms with Gasteiger partial charge in [-0.15, -0.1) is 22.7 Å². The van der Waals surface area contributed by atoms with Crippen molar-refractivity contribution in [1.82, 2.24) is 4.68 Å². The van der Waals surface area contributed by atoms with Crippen LogP contribution in [0.25, 0.3) is 11.3 Å². The minimum absolute atomic E-state index is 0.0586. The molecule has 0 unspecified atom stereocenters. The first-order chi connectivity index (χ1) is 15.4. The fraction of sp³-hybridized carbons (Fsp3) is 0.167. The zero-order valence-electron chi connectivity index (χ0n) is 17.9.